The van der Waals surface area contributed by atoms with Crippen molar-refractivity contribution in [2.45, 2.75) is 19.3 Å². The van der Waals surface area contributed by atoms with Crippen LogP contribution in [-0.2, 0) is 6.42 Å². The highest BCUT2D eigenvalue weighted by molar-refractivity contribution is 5.68. The summed E-state index contributed by atoms with van der Waals surface area (Å²) in [6, 6.07) is 16.2. The average molecular weight is 236 g/mol. The molecule has 2 aromatic rings. The van der Waals surface area contributed by atoms with Crippen molar-refractivity contribution in [3.05, 3.63) is 66.2 Å². The van der Waals surface area contributed by atoms with Gasteiger partial charge in [0, 0.05) is 0 Å². The Morgan fingerprint density at radius 2 is 1.72 bits per heavy atom. The topological polar surface area (TPSA) is 9.23 Å². The molecule has 0 aliphatic heterocycles. The smallest absolute Gasteiger partial charge is 0.127 e. The van der Waals surface area contributed by atoms with Crippen LogP contribution < -0.4 is 4.74 Å². The van der Waals surface area contributed by atoms with Gasteiger partial charge in [0.2, 0.25) is 0 Å². The zero-order chi connectivity index (χ0) is 12.4. The van der Waals surface area contributed by atoms with Crippen LogP contribution in [0.4, 0.5) is 0 Å². The van der Waals surface area contributed by atoms with Crippen molar-refractivity contribution in [2.24, 2.45) is 0 Å². The summed E-state index contributed by atoms with van der Waals surface area (Å²) in [6.07, 6.45) is 3.44. The highest BCUT2D eigenvalue weighted by Crippen LogP contribution is 2.33. The first-order valence-corrected chi connectivity index (χ1v) is 6.37. The van der Waals surface area contributed by atoms with Crippen molar-refractivity contribution < 1.29 is 4.74 Å². The van der Waals surface area contributed by atoms with E-state index in [0.717, 1.165) is 24.3 Å². The number of benzene rings is 2. The molecule has 0 saturated carbocycles. The Morgan fingerprint density at radius 1 is 0.889 bits per heavy atom. The van der Waals surface area contributed by atoms with Gasteiger partial charge in [-0.05, 0) is 60.2 Å². The Balaban J connectivity index is 1.89. The average Bonchev–Trinajstić information content (AvgIpc) is 2.40. The summed E-state index contributed by atoms with van der Waals surface area (Å²) in [5, 5.41) is 0. The third-order valence-electron chi connectivity index (χ3n) is 3.36. The standard InChI is InChI=1S/C17H16O/c1-13-6-5-7-14-12-16(10-11-17(13)14)18-15-8-3-2-4-9-15/h2-4,8-12H,1,5-7H2. The number of aryl methyl sites for hydroxylation is 1. The number of hydrogen-bond acceptors (Lipinski definition) is 1. The van der Waals surface area contributed by atoms with Gasteiger partial charge in [-0.3, -0.25) is 0 Å². The van der Waals surface area contributed by atoms with Gasteiger partial charge >= 0.3 is 0 Å². The summed E-state index contributed by atoms with van der Waals surface area (Å²) in [5.74, 6) is 1.79. The second-order valence-electron chi connectivity index (χ2n) is 4.69. The van der Waals surface area contributed by atoms with E-state index in [1.807, 2.05) is 36.4 Å². The lowest BCUT2D eigenvalue weighted by atomic mass is 9.88. The zero-order valence-electron chi connectivity index (χ0n) is 10.4. The lowest BCUT2D eigenvalue weighted by molar-refractivity contribution is 0.481. The van der Waals surface area contributed by atoms with E-state index < -0.39 is 0 Å². The van der Waals surface area contributed by atoms with Crippen LogP contribution in [0.15, 0.2) is 55.1 Å². The molecule has 1 aliphatic carbocycles. The van der Waals surface area contributed by atoms with Crippen LogP contribution >= 0.6 is 0 Å². The number of rotatable bonds is 2. The zero-order valence-corrected chi connectivity index (χ0v) is 10.4. The van der Waals surface area contributed by atoms with Gasteiger partial charge in [0.1, 0.15) is 11.5 Å². The molecule has 0 atom stereocenters. The lowest BCUT2D eigenvalue weighted by Gasteiger charge is -2.19. The summed E-state index contributed by atoms with van der Waals surface area (Å²) in [7, 11) is 0. The minimum Gasteiger partial charge on any atom is -0.457 e. The Bertz CT molecular complexity index is 569. The maximum Gasteiger partial charge on any atom is 0.127 e. The van der Waals surface area contributed by atoms with E-state index in [9.17, 15) is 0 Å². The molecule has 18 heavy (non-hydrogen) atoms. The molecule has 0 amide bonds. The fourth-order valence-corrected chi connectivity index (χ4v) is 2.44. The first-order chi connectivity index (χ1) is 8.83. The van der Waals surface area contributed by atoms with Crippen LogP contribution in [0.1, 0.15) is 24.0 Å². The molecule has 1 aliphatic rings. The molecular weight excluding hydrogens is 220 g/mol. The molecule has 90 valence electrons. The van der Waals surface area contributed by atoms with E-state index in [0.29, 0.717) is 0 Å². The van der Waals surface area contributed by atoms with Crippen molar-refractivity contribution in [1.29, 1.82) is 0 Å². The normalized spacial score (nSPS) is 14.1. The Labute approximate surface area is 108 Å². The fourth-order valence-electron chi connectivity index (χ4n) is 2.44. The van der Waals surface area contributed by atoms with Crippen LogP contribution in [-0.4, -0.2) is 0 Å². The van der Waals surface area contributed by atoms with Gasteiger partial charge < -0.3 is 4.74 Å². The molecule has 1 heteroatoms. The first kappa shape index (κ1) is 11.1. The van der Waals surface area contributed by atoms with E-state index in [1.54, 1.807) is 0 Å². The number of fused-ring (bicyclic) bond motifs is 1. The molecule has 0 unspecified atom stereocenters. The van der Waals surface area contributed by atoms with Gasteiger partial charge in [-0.25, -0.2) is 0 Å². The molecule has 0 bridgehead atoms. The van der Waals surface area contributed by atoms with Crippen molar-refractivity contribution in [3.8, 4) is 11.5 Å². The molecular formula is C17H16O. The van der Waals surface area contributed by atoms with Crippen LogP contribution in [0.2, 0.25) is 0 Å². The molecule has 3 rings (SSSR count). The van der Waals surface area contributed by atoms with E-state index in [2.05, 4.69) is 18.7 Å². The van der Waals surface area contributed by atoms with E-state index in [-0.39, 0.29) is 0 Å². The molecule has 2 aromatic carbocycles. The molecule has 0 aromatic heterocycles. The van der Waals surface area contributed by atoms with Crippen molar-refractivity contribution >= 4 is 5.57 Å². The maximum atomic E-state index is 5.85. The van der Waals surface area contributed by atoms with Gasteiger partial charge in [0.15, 0.2) is 0 Å². The maximum absolute atomic E-state index is 5.85. The minimum absolute atomic E-state index is 0.882. The summed E-state index contributed by atoms with van der Waals surface area (Å²) in [4.78, 5) is 0. The lowest BCUT2D eigenvalue weighted by Crippen LogP contribution is -2.01. The second-order valence-corrected chi connectivity index (χ2v) is 4.69. The fraction of sp³-hybridized carbons (Fsp3) is 0.176. The summed E-state index contributed by atoms with van der Waals surface area (Å²) in [6.45, 7) is 4.13. The summed E-state index contributed by atoms with van der Waals surface area (Å²) >= 11 is 0. The van der Waals surface area contributed by atoms with Gasteiger partial charge in [-0.15, -0.1) is 0 Å². The van der Waals surface area contributed by atoms with Crippen molar-refractivity contribution in [2.75, 3.05) is 0 Å². The molecule has 0 heterocycles. The highest BCUT2D eigenvalue weighted by atomic mass is 16.5. The molecule has 0 radical (unpaired) electrons. The second kappa shape index (κ2) is 4.69. The third kappa shape index (κ3) is 2.17. The van der Waals surface area contributed by atoms with Gasteiger partial charge in [-0.1, -0.05) is 30.8 Å². The Kier molecular flexibility index (Phi) is 2.89. The van der Waals surface area contributed by atoms with E-state index >= 15 is 0 Å². The van der Waals surface area contributed by atoms with Gasteiger partial charge in [-0.2, -0.15) is 0 Å². The largest absolute Gasteiger partial charge is 0.457 e. The quantitative estimate of drug-likeness (QED) is 0.725. The number of allylic oxidation sites excluding steroid dienone is 1. The first-order valence-electron chi connectivity index (χ1n) is 6.37. The van der Waals surface area contributed by atoms with E-state index in [1.165, 1.54) is 23.1 Å². The van der Waals surface area contributed by atoms with Gasteiger partial charge in [0.25, 0.3) is 0 Å². The number of para-hydroxylation sites is 1. The molecule has 0 N–H and O–H groups in total. The van der Waals surface area contributed by atoms with Crippen molar-refractivity contribution in [1.82, 2.24) is 0 Å². The van der Waals surface area contributed by atoms with Crippen molar-refractivity contribution in [3.63, 3.8) is 0 Å². The SMILES string of the molecule is C=C1CCCc2cc(Oc3ccccc3)ccc21. The monoisotopic (exact) mass is 236 g/mol. The van der Waals surface area contributed by atoms with Crippen LogP contribution in [0.3, 0.4) is 0 Å². The predicted octanol–water partition coefficient (Wildman–Crippen LogP) is 4.83. The Hall–Kier alpha value is -2.02. The molecule has 0 fully saturated rings. The van der Waals surface area contributed by atoms with Gasteiger partial charge in [0.05, 0.1) is 0 Å². The number of hydrogen-bond donors (Lipinski definition) is 0. The Morgan fingerprint density at radius 3 is 2.56 bits per heavy atom. The van der Waals surface area contributed by atoms with Crippen LogP contribution in [0, 0.1) is 0 Å². The minimum atomic E-state index is 0.882. The van der Waals surface area contributed by atoms with Crippen LogP contribution in [0.25, 0.3) is 5.57 Å². The molecule has 0 saturated heterocycles. The number of ether oxygens (including phenoxy) is 1. The summed E-state index contributed by atoms with van der Waals surface area (Å²) in [5.41, 5.74) is 3.92. The third-order valence-corrected chi connectivity index (χ3v) is 3.36. The predicted molar refractivity (Wildman–Crippen MR) is 74.9 cm³/mol. The van der Waals surface area contributed by atoms with E-state index in [4.69, 9.17) is 4.74 Å². The van der Waals surface area contributed by atoms with Crippen LogP contribution in [0.5, 0.6) is 11.5 Å². The highest BCUT2D eigenvalue weighted by Gasteiger charge is 2.13. The molecule has 1 nitrogen and oxygen atoms in total. The summed E-state index contributed by atoms with van der Waals surface area (Å²) < 4.78 is 5.85. The molecule has 0 spiro atoms.